The molecular formula is C15H23N3O. The van der Waals surface area contributed by atoms with Gasteiger partial charge in [-0.15, -0.1) is 0 Å². The molecule has 1 saturated carbocycles. The average Bonchev–Trinajstić information content (AvgIpc) is 3.27. The second kappa shape index (κ2) is 7.24. The summed E-state index contributed by atoms with van der Waals surface area (Å²) in [6.07, 6.45) is 8.10. The van der Waals surface area contributed by atoms with Crippen LogP contribution in [0.15, 0.2) is 24.4 Å². The summed E-state index contributed by atoms with van der Waals surface area (Å²) in [6.45, 7) is 0.800. The van der Waals surface area contributed by atoms with Gasteiger partial charge in [0.25, 0.3) is 0 Å². The molecular weight excluding hydrogens is 238 g/mol. The van der Waals surface area contributed by atoms with Crippen LogP contribution in [0.25, 0.3) is 0 Å². The molecule has 0 bridgehead atoms. The second-order valence-corrected chi connectivity index (χ2v) is 5.28. The Morgan fingerprint density at radius 3 is 2.89 bits per heavy atom. The molecule has 1 aromatic heterocycles. The van der Waals surface area contributed by atoms with Gasteiger partial charge in [0.1, 0.15) is 0 Å². The molecule has 104 valence electrons. The van der Waals surface area contributed by atoms with Gasteiger partial charge >= 0.3 is 0 Å². The predicted molar refractivity (Wildman–Crippen MR) is 75.4 cm³/mol. The number of hydrogen-bond acceptors (Lipinski definition) is 3. The highest BCUT2D eigenvalue weighted by Crippen LogP contribution is 2.28. The monoisotopic (exact) mass is 261 g/mol. The van der Waals surface area contributed by atoms with Crippen molar-refractivity contribution in [1.82, 2.24) is 10.3 Å². The molecule has 0 spiro atoms. The fraction of sp³-hybridized carbons (Fsp3) is 0.600. The van der Waals surface area contributed by atoms with Crippen LogP contribution >= 0.6 is 0 Å². The van der Waals surface area contributed by atoms with Gasteiger partial charge in [-0.1, -0.05) is 18.9 Å². The number of aromatic nitrogens is 1. The van der Waals surface area contributed by atoms with Crippen molar-refractivity contribution in [2.24, 2.45) is 11.7 Å². The van der Waals surface area contributed by atoms with E-state index in [1.165, 1.54) is 0 Å². The number of carbonyl (C=O) groups is 1. The van der Waals surface area contributed by atoms with Crippen molar-refractivity contribution in [3.8, 4) is 0 Å². The first-order valence-electron chi connectivity index (χ1n) is 7.21. The highest BCUT2D eigenvalue weighted by Gasteiger charge is 2.28. The van der Waals surface area contributed by atoms with Crippen LogP contribution in [0.3, 0.4) is 0 Å². The van der Waals surface area contributed by atoms with Crippen LogP contribution in [-0.2, 0) is 4.79 Å². The molecule has 0 aliphatic heterocycles. The van der Waals surface area contributed by atoms with Crippen LogP contribution in [0, 0.1) is 5.92 Å². The standard InChI is InChI=1S/C15H23N3O/c16-13(14-7-3-5-10-17-14)6-2-1-4-11-18-15(19)12-8-9-12/h3,5,7,10,12-13H,1-2,4,6,8-9,11,16H2,(H,18,19)/t13-/m0/s1. The van der Waals surface area contributed by atoms with E-state index in [4.69, 9.17) is 5.73 Å². The lowest BCUT2D eigenvalue weighted by molar-refractivity contribution is -0.122. The van der Waals surface area contributed by atoms with E-state index in [1.807, 2.05) is 18.2 Å². The largest absolute Gasteiger partial charge is 0.356 e. The molecule has 1 fully saturated rings. The SMILES string of the molecule is N[C@@H](CCCCCNC(=O)C1CC1)c1ccccn1. The molecule has 4 nitrogen and oxygen atoms in total. The van der Waals surface area contributed by atoms with E-state index < -0.39 is 0 Å². The molecule has 1 aromatic rings. The zero-order valence-electron chi connectivity index (χ0n) is 11.3. The number of hydrogen-bond donors (Lipinski definition) is 2. The minimum atomic E-state index is 0.0299. The zero-order chi connectivity index (χ0) is 13.5. The number of carbonyl (C=O) groups excluding carboxylic acids is 1. The van der Waals surface area contributed by atoms with Crippen molar-refractivity contribution in [1.29, 1.82) is 0 Å². The highest BCUT2D eigenvalue weighted by molar-refractivity contribution is 5.80. The van der Waals surface area contributed by atoms with E-state index in [-0.39, 0.29) is 11.9 Å². The fourth-order valence-corrected chi connectivity index (χ4v) is 2.11. The van der Waals surface area contributed by atoms with Crippen LogP contribution in [0.1, 0.15) is 50.3 Å². The minimum absolute atomic E-state index is 0.0299. The number of pyridine rings is 1. The Bertz CT molecular complexity index is 390. The van der Waals surface area contributed by atoms with Gasteiger partial charge in [0.05, 0.1) is 5.69 Å². The maximum absolute atomic E-state index is 11.4. The molecule has 2 rings (SSSR count). The van der Waals surface area contributed by atoms with E-state index >= 15 is 0 Å². The Morgan fingerprint density at radius 2 is 2.21 bits per heavy atom. The van der Waals surface area contributed by atoms with Gasteiger partial charge in [0.15, 0.2) is 0 Å². The maximum atomic E-state index is 11.4. The summed E-state index contributed by atoms with van der Waals surface area (Å²) in [5.41, 5.74) is 7.04. The van der Waals surface area contributed by atoms with E-state index in [0.717, 1.165) is 50.8 Å². The van der Waals surface area contributed by atoms with E-state index in [9.17, 15) is 4.79 Å². The molecule has 1 aliphatic rings. The lowest BCUT2D eigenvalue weighted by atomic mass is 10.1. The van der Waals surface area contributed by atoms with Gasteiger partial charge in [-0.05, 0) is 37.8 Å². The second-order valence-electron chi connectivity index (χ2n) is 5.28. The van der Waals surface area contributed by atoms with Gasteiger partial charge in [-0.2, -0.15) is 0 Å². The number of nitrogens with two attached hydrogens (primary N) is 1. The number of nitrogens with one attached hydrogen (secondary N) is 1. The summed E-state index contributed by atoms with van der Waals surface area (Å²) in [4.78, 5) is 15.7. The number of rotatable bonds is 8. The predicted octanol–water partition coefficient (Wildman–Crippen LogP) is 2.17. The van der Waals surface area contributed by atoms with Gasteiger partial charge in [-0.3, -0.25) is 9.78 Å². The Hall–Kier alpha value is -1.42. The van der Waals surface area contributed by atoms with Crippen LogP contribution < -0.4 is 11.1 Å². The smallest absolute Gasteiger partial charge is 0.223 e. The Kier molecular flexibility index (Phi) is 5.33. The summed E-state index contributed by atoms with van der Waals surface area (Å²) in [7, 11) is 0. The van der Waals surface area contributed by atoms with Crippen LogP contribution in [-0.4, -0.2) is 17.4 Å². The highest BCUT2D eigenvalue weighted by atomic mass is 16.2. The first-order chi connectivity index (χ1) is 9.27. The van der Waals surface area contributed by atoms with Crippen LogP contribution in [0.5, 0.6) is 0 Å². The third kappa shape index (κ3) is 4.99. The third-order valence-electron chi connectivity index (χ3n) is 3.51. The van der Waals surface area contributed by atoms with Crippen molar-refractivity contribution in [3.63, 3.8) is 0 Å². The number of unbranched alkanes of at least 4 members (excludes halogenated alkanes) is 2. The van der Waals surface area contributed by atoms with Crippen LogP contribution in [0.4, 0.5) is 0 Å². The maximum Gasteiger partial charge on any atom is 0.223 e. The average molecular weight is 261 g/mol. The van der Waals surface area contributed by atoms with Crippen molar-refractivity contribution >= 4 is 5.91 Å². The number of nitrogens with zero attached hydrogens (tertiary/aromatic N) is 1. The lowest BCUT2D eigenvalue weighted by Crippen LogP contribution is -2.25. The first kappa shape index (κ1) is 14.0. The molecule has 1 atom stereocenters. The summed E-state index contributed by atoms with van der Waals surface area (Å²) >= 11 is 0. The van der Waals surface area contributed by atoms with E-state index in [0.29, 0.717) is 5.92 Å². The first-order valence-corrected chi connectivity index (χ1v) is 7.21. The Balaban J connectivity index is 1.50. The Morgan fingerprint density at radius 1 is 1.37 bits per heavy atom. The minimum Gasteiger partial charge on any atom is -0.356 e. The molecule has 1 amide bonds. The lowest BCUT2D eigenvalue weighted by Gasteiger charge is -2.10. The van der Waals surface area contributed by atoms with Gasteiger partial charge in [0.2, 0.25) is 5.91 Å². The summed E-state index contributed by atoms with van der Waals surface area (Å²) < 4.78 is 0. The fourth-order valence-electron chi connectivity index (χ4n) is 2.11. The molecule has 0 aromatic carbocycles. The van der Waals surface area contributed by atoms with Gasteiger partial charge in [-0.25, -0.2) is 0 Å². The molecule has 0 unspecified atom stereocenters. The molecule has 3 N–H and O–H groups in total. The molecule has 4 heteroatoms. The summed E-state index contributed by atoms with van der Waals surface area (Å²) in [6, 6.07) is 5.87. The normalized spacial score (nSPS) is 16.1. The summed E-state index contributed by atoms with van der Waals surface area (Å²) in [5.74, 6) is 0.558. The third-order valence-corrected chi connectivity index (χ3v) is 3.51. The molecule has 0 radical (unpaired) electrons. The Labute approximate surface area is 114 Å². The quantitative estimate of drug-likeness (QED) is 0.705. The molecule has 1 aliphatic carbocycles. The number of amides is 1. The van der Waals surface area contributed by atoms with Gasteiger partial charge < -0.3 is 11.1 Å². The molecule has 19 heavy (non-hydrogen) atoms. The van der Waals surface area contributed by atoms with E-state index in [2.05, 4.69) is 10.3 Å². The van der Waals surface area contributed by atoms with Crippen molar-refractivity contribution in [3.05, 3.63) is 30.1 Å². The van der Waals surface area contributed by atoms with Crippen molar-refractivity contribution in [2.45, 2.75) is 44.6 Å². The van der Waals surface area contributed by atoms with Gasteiger partial charge in [0, 0.05) is 24.7 Å². The topological polar surface area (TPSA) is 68.0 Å². The summed E-state index contributed by atoms with van der Waals surface area (Å²) in [5, 5.41) is 2.98. The molecule has 0 saturated heterocycles. The van der Waals surface area contributed by atoms with E-state index in [1.54, 1.807) is 6.20 Å². The van der Waals surface area contributed by atoms with Crippen LogP contribution in [0.2, 0.25) is 0 Å². The van der Waals surface area contributed by atoms with Crippen molar-refractivity contribution < 1.29 is 4.79 Å². The molecule has 1 heterocycles. The van der Waals surface area contributed by atoms with Crippen molar-refractivity contribution in [2.75, 3.05) is 6.54 Å². The zero-order valence-corrected chi connectivity index (χ0v) is 11.3.